The molecule has 0 saturated carbocycles. The number of nitrogens with zero attached hydrogens (tertiary/aromatic N) is 2. The summed E-state index contributed by atoms with van der Waals surface area (Å²) in [6, 6.07) is 15.0. The van der Waals surface area contributed by atoms with Gasteiger partial charge in [-0.05, 0) is 23.8 Å². The van der Waals surface area contributed by atoms with Crippen molar-refractivity contribution in [1.29, 1.82) is 0 Å². The topological polar surface area (TPSA) is 39.7 Å². The summed E-state index contributed by atoms with van der Waals surface area (Å²) >= 11 is 0. The Morgan fingerprint density at radius 2 is 1.65 bits per heavy atom. The molecule has 0 bridgehead atoms. The summed E-state index contributed by atoms with van der Waals surface area (Å²) in [4.78, 5) is 6.22. The van der Waals surface area contributed by atoms with E-state index in [0.29, 0.717) is 24.6 Å². The highest BCUT2D eigenvalue weighted by Gasteiger charge is 2.03. The molecule has 2 aromatic carbocycles. The third-order valence-corrected chi connectivity index (χ3v) is 3.54. The van der Waals surface area contributed by atoms with Gasteiger partial charge in [-0.25, -0.2) is 4.39 Å². The van der Waals surface area contributed by atoms with Gasteiger partial charge in [-0.3, -0.25) is 4.99 Å². The zero-order valence-electron chi connectivity index (χ0n) is 13.8. The van der Waals surface area contributed by atoms with Crippen molar-refractivity contribution < 1.29 is 4.39 Å². The molecule has 2 N–H and O–H groups in total. The molecule has 0 unspecified atom stereocenters. The van der Waals surface area contributed by atoms with Gasteiger partial charge in [0.2, 0.25) is 0 Å². The van der Waals surface area contributed by atoms with Gasteiger partial charge in [-0.1, -0.05) is 30.3 Å². The van der Waals surface area contributed by atoms with Gasteiger partial charge < -0.3 is 15.5 Å². The van der Waals surface area contributed by atoms with Crippen LogP contribution >= 0.6 is 0 Å². The van der Waals surface area contributed by atoms with E-state index in [1.807, 2.05) is 20.2 Å². The van der Waals surface area contributed by atoms with Gasteiger partial charge in [0.05, 0.1) is 0 Å². The summed E-state index contributed by atoms with van der Waals surface area (Å²) in [7, 11) is 5.73. The summed E-state index contributed by atoms with van der Waals surface area (Å²) in [5, 5.41) is 6.34. The highest BCUT2D eigenvalue weighted by Crippen LogP contribution is 2.12. The molecule has 0 radical (unpaired) electrons. The summed E-state index contributed by atoms with van der Waals surface area (Å²) in [6.45, 7) is 1.05. The average molecular weight is 314 g/mol. The zero-order chi connectivity index (χ0) is 16.7. The van der Waals surface area contributed by atoms with Crippen LogP contribution in [-0.4, -0.2) is 27.1 Å². The summed E-state index contributed by atoms with van der Waals surface area (Å²) in [6.07, 6.45) is 0. The molecule has 0 saturated heterocycles. The lowest BCUT2D eigenvalue weighted by Crippen LogP contribution is -2.36. The van der Waals surface area contributed by atoms with Crippen molar-refractivity contribution >= 4 is 11.6 Å². The lowest BCUT2D eigenvalue weighted by Gasteiger charge is -2.14. The molecule has 23 heavy (non-hydrogen) atoms. The van der Waals surface area contributed by atoms with Crippen molar-refractivity contribution in [2.75, 3.05) is 26.0 Å². The normalized spacial score (nSPS) is 11.2. The van der Waals surface area contributed by atoms with Gasteiger partial charge in [-0.15, -0.1) is 0 Å². The van der Waals surface area contributed by atoms with E-state index < -0.39 is 0 Å². The van der Waals surface area contributed by atoms with E-state index >= 15 is 0 Å². The van der Waals surface area contributed by atoms with E-state index in [1.54, 1.807) is 19.2 Å². The summed E-state index contributed by atoms with van der Waals surface area (Å²) in [5.74, 6) is 0.430. The second-order valence-corrected chi connectivity index (χ2v) is 5.43. The van der Waals surface area contributed by atoms with E-state index in [0.717, 1.165) is 11.3 Å². The van der Waals surface area contributed by atoms with Crippen LogP contribution in [0.2, 0.25) is 0 Å². The van der Waals surface area contributed by atoms with Crippen LogP contribution in [0.5, 0.6) is 0 Å². The summed E-state index contributed by atoms with van der Waals surface area (Å²) < 4.78 is 13.6. The molecule has 0 heterocycles. The standard InChI is InChI=1S/C18H23FN4/c1-20-18(22-13-15-6-4-5-7-17(15)19)21-12-14-8-10-16(11-9-14)23(2)3/h4-11H,12-13H2,1-3H3,(H2,20,21,22). The maximum atomic E-state index is 13.6. The molecule has 0 aliphatic heterocycles. The van der Waals surface area contributed by atoms with Crippen molar-refractivity contribution in [2.24, 2.45) is 4.99 Å². The number of benzene rings is 2. The van der Waals surface area contributed by atoms with Crippen molar-refractivity contribution in [3.63, 3.8) is 0 Å². The maximum absolute atomic E-state index is 13.6. The third kappa shape index (κ3) is 4.98. The molecule has 0 aromatic heterocycles. The largest absolute Gasteiger partial charge is 0.378 e. The van der Waals surface area contributed by atoms with Gasteiger partial charge in [0.15, 0.2) is 5.96 Å². The number of rotatable bonds is 5. The number of hydrogen-bond acceptors (Lipinski definition) is 2. The minimum atomic E-state index is -0.213. The fraction of sp³-hybridized carbons (Fsp3) is 0.278. The number of nitrogens with one attached hydrogen (secondary N) is 2. The highest BCUT2D eigenvalue weighted by atomic mass is 19.1. The fourth-order valence-electron chi connectivity index (χ4n) is 2.14. The van der Waals surface area contributed by atoms with Crippen LogP contribution in [0.3, 0.4) is 0 Å². The lowest BCUT2D eigenvalue weighted by molar-refractivity contribution is 0.604. The molecule has 2 rings (SSSR count). The molecule has 0 fully saturated rings. The Balaban J connectivity index is 1.86. The van der Waals surface area contributed by atoms with Crippen LogP contribution in [0.25, 0.3) is 0 Å². The molecular formula is C18H23FN4. The van der Waals surface area contributed by atoms with Gasteiger partial charge in [-0.2, -0.15) is 0 Å². The van der Waals surface area contributed by atoms with Crippen LogP contribution in [0, 0.1) is 5.82 Å². The maximum Gasteiger partial charge on any atom is 0.191 e. The van der Waals surface area contributed by atoms with Crippen LogP contribution in [0.4, 0.5) is 10.1 Å². The van der Waals surface area contributed by atoms with Gasteiger partial charge >= 0.3 is 0 Å². The summed E-state index contributed by atoms with van der Waals surface area (Å²) in [5.41, 5.74) is 2.94. The molecule has 5 heteroatoms. The molecule has 0 spiro atoms. The van der Waals surface area contributed by atoms with Crippen molar-refractivity contribution in [1.82, 2.24) is 10.6 Å². The molecule has 122 valence electrons. The van der Waals surface area contributed by atoms with Crippen LogP contribution < -0.4 is 15.5 Å². The van der Waals surface area contributed by atoms with E-state index in [9.17, 15) is 4.39 Å². The van der Waals surface area contributed by atoms with Crippen LogP contribution in [0.1, 0.15) is 11.1 Å². The Hall–Kier alpha value is -2.56. The predicted octanol–water partition coefficient (Wildman–Crippen LogP) is 2.76. The third-order valence-electron chi connectivity index (χ3n) is 3.54. The van der Waals surface area contributed by atoms with E-state index in [4.69, 9.17) is 0 Å². The van der Waals surface area contributed by atoms with E-state index in [-0.39, 0.29) is 5.82 Å². The fourth-order valence-corrected chi connectivity index (χ4v) is 2.14. The first-order chi connectivity index (χ1) is 11.1. The Labute approximate surface area is 137 Å². The van der Waals surface area contributed by atoms with Crippen molar-refractivity contribution in [3.05, 3.63) is 65.5 Å². The van der Waals surface area contributed by atoms with E-state index in [2.05, 4.69) is 44.8 Å². The van der Waals surface area contributed by atoms with Gasteiger partial charge in [0.25, 0.3) is 0 Å². The SMILES string of the molecule is CN=C(NCc1ccc(N(C)C)cc1)NCc1ccccc1F. The average Bonchev–Trinajstić information content (AvgIpc) is 2.57. The smallest absolute Gasteiger partial charge is 0.191 e. The lowest BCUT2D eigenvalue weighted by atomic mass is 10.2. The molecular weight excluding hydrogens is 291 g/mol. The Morgan fingerprint density at radius 3 is 2.26 bits per heavy atom. The first kappa shape index (κ1) is 16.8. The number of aliphatic imine (C=N–C) groups is 1. The van der Waals surface area contributed by atoms with Crippen molar-refractivity contribution in [3.8, 4) is 0 Å². The van der Waals surface area contributed by atoms with Crippen molar-refractivity contribution in [2.45, 2.75) is 13.1 Å². The number of anilines is 1. The number of halogens is 1. The van der Waals surface area contributed by atoms with Gasteiger partial charge in [0.1, 0.15) is 5.82 Å². The Kier molecular flexibility index (Phi) is 5.97. The zero-order valence-corrected chi connectivity index (χ0v) is 13.8. The van der Waals surface area contributed by atoms with Crippen LogP contribution in [0.15, 0.2) is 53.5 Å². The molecule has 0 amide bonds. The molecule has 0 aliphatic rings. The molecule has 4 nitrogen and oxygen atoms in total. The van der Waals surface area contributed by atoms with E-state index in [1.165, 1.54) is 6.07 Å². The Bertz CT molecular complexity index is 650. The molecule has 2 aromatic rings. The Morgan fingerprint density at radius 1 is 1.00 bits per heavy atom. The van der Waals surface area contributed by atoms with Crippen LogP contribution in [-0.2, 0) is 13.1 Å². The first-order valence-corrected chi connectivity index (χ1v) is 7.54. The first-order valence-electron chi connectivity index (χ1n) is 7.54. The minimum absolute atomic E-state index is 0.213. The monoisotopic (exact) mass is 314 g/mol. The van der Waals surface area contributed by atoms with Gasteiger partial charge in [0, 0.05) is 45.5 Å². The molecule has 0 atom stereocenters. The second kappa shape index (κ2) is 8.17. The second-order valence-electron chi connectivity index (χ2n) is 5.43. The predicted molar refractivity (Wildman–Crippen MR) is 94.2 cm³/mol. The number of hydrogen-bond donors (Lipinski definition) is 2. The quantitative estimate of drug-likeness (QED) is 0.658. The molecule has 0 aliphatic carbocycles. The highest BCUT2D eigenvalue weighted by molar-refractivity contribution is 5.79. The minimum Gasteiger partial charge on any atom is -0.378 e. The number of guanidine groups is 1.